The van der Waals surface area contributed by atoms with Crippen LogP contribution in [0, 0.1) is 11.3 Å². The van der Waals surface area contributed by atoms with Crippen molar-refractivity contribution >= 4 is 12.7 Å². The van der Waals surface area contributed by atoms with Crippen LogP contribution in [-0.4, -0.2) is 38.2 Å². The Kier molecular flexibility index (Phi) is 13.3. The lowest BCUT2D eigenvalue weighted by molar-refractivity contribution is -0.115. The Morgan fingerprint density at radius 3 is 2.59 bits per heavy atom. The van der Waals surface area contributed by atoms with Gasteiger partial charge in [-0.25, -0.2) is 0 Å². The second kappa shape index (κ2) is 15.1. The molecule has 0 spiro atoms. The van der Waals surface area contributed by atoms with Gasteiger partial charge in [-0.1, -0.05) is 12.2 Å². The van der Waals surface area contributed by atoms with E-state index in [0.717, 1.165) is 5.57 Å². The molecule has 1 heterocycles. The molecule has 0 atom stereocenters. The number of carbonyl (C=O) groups is 2. The highest BCUT2D eigenvalue weighted by atomic mass is 16.5. The van der Waals surface area contributed by atoms with Gasteiger partial charge in [0.15, 0.2) is 6.29 Å². The van der Waals surface area contributed by atoms with Crippen molar-refractivity contribution in [2.45, 2.75) is 19.8 Å². The molecule has 6 nitrogen and oxygen atoms in total. The Hall–Kier alpha value is -3.17. The van der Waals surface area contributed by atoms with E-state index in [2.05, 4.69) is 18.0 Å². The summed E-state index contributed by atoms with van der Waals surface area (Å²) < 4.78 is 5.28. The van der Waals surface area contributed by atoms with Crippen molar-refractivity contribution in [1.82, 2.24) is 10.2 Å². The van der Waals surface area contributed by atoms with E-state index in [0.29, 0.717) is 36.9 Å². The highest BCUT2D eigenvalue weighted by molar-refractivity contribution is 5.79. The molecule has 0 aromatic heterocycles. The van der Waals surface area contributed by atoms with E-state index in [9.17, 15) is 9.59 Å². The number of allylic oxidation sites excluding steroid dienone is 7. The van der Waals surface area contributed by atoms with E-state index in [1.165, 1.54) is 17.4 Å². The summed E-state index contributed by atoms with van der Waals surface area (Å²) in [6, 6.07) is 2.07. The highest BCUT2D eigenvalue weighted by Crippen LogP contribution is 2.17. The Balaban J connectivity index is 0.00000210. The molecule has 1 amide bonds. The number of nitrogens with zero attached hydrogens (tertiary/aromatic N) is 2. The zero-order chi connectivity index (χ0) is 20.5. The minimum Gasteiger partial charge on any atom is -0.465 e. The number of ether oxygens (including phenoxy) is 1. The third kappa shape index (κ3) is 9.78. The van der Waals surface area contributed by atoms with Crippen molar-refractivity contribution < 1.29 is 14.3 Å². The normalized spacial score (nSPS) is 14.0. The summed E-state index contributed by atoms with van der Waals surface area (Å²) in [5, 5.41) is 11.8. The molecule has 144 valence electrons. The molecule has 0 unspecified atom stereocenters. The quantitative estimate of drug-likeness (QED) is 0.222. The number of rotatable bonds is 9. The lowest BCUT2D eigenvalue weighted by Crippen LogP contribution is -2.20. The van der Waals surface area contributed by atoms with Crippen LogP contribution in [0.2, 0.25) is 0 Å². The minimum absolute atomic E-state index is 0.245. The van der Waals surface area contributed by atoms with E-state index in [1.807, 2.05) is 20.2 Å². The summed E-state index contributed by atoms with van der Waals surface area (Å²) in [7, 11) is 3.75. The second-order valence-electron chi connectivity index (χ2n) is 5.42. The van der Waals surface area contributed by atoms with Crippen molar-refractivity contribution in [2.75, 3.05) is 20.6 Å². The molecule has 1 aliphatic rings. The molecule has 0 radical (unpaired) electrons. The van der Waals surface area contributed by atoms with Crippen LogP contribution in [0.4, 0.5) is 0 Å². The fourth-order valence-electron chi connectivity index (χ4n) is 2.02. The number of carbonyl (C=O) groups excluding carboxylic acids is 2. The molecular weight excluding hydrogens is 342 g/mol. The number of aldehydes is 1. The molecule has 1 N–H and O–H groups in total. The van der Waals surface area contributed by atoms with Gasteiger partial charge >= 0.3 is 0 Å². The Labute approximate surface area is 161 Å². The summed E-state index contributed by atoms with van der Waals surface area (Å²) in [6.07, 6.45) is 14.1. The van der Waals surface area contributed by atoms with Crippen molar-refractivity contribution in [3.63, 3.8) is 0 Å². The topological polar surface area (TPSA) is 82.4 Å². The molecule has 0 aliphatic carbocycles. The number of hydrogen-bond acceptors (Lipinski definition) is 5. The number of nitriles is 1. The van der Waals surface area contributed by atoms with Crippen LogP contribution < -0.4 is 5.32 Å². The van der Waals surface area contributed by atoms with E-state index >= 15 is 0 Å². The first-order valence-corrected chi connectivity index (χ1v) is 8.45. The lowest BCUT2D eigenvalue weighted by Gasteiger charge is -2.17. The van der Waals surface area contributed by atoms with Crippen molar-refractivity contribution in [1.29, 1.82) is 5.26 Å². The van der Waals surface area contributed by atoms with Gasteiger partial charge in [-0.05, 0) is 57.7 Å². The summed E-state index contributed by atoms with van der Waals surface area (Å²) in [6.45, 7) is 5.70. The number of amides is 1. The van der Waals surface area contributed by atoms with Crippen LogP contribution in [0.15, 0.2) is 71.9 Å². The van der Waals surface area contributed by atoms with Crippen molar-refractivity contribution in [3.8, 4) is 6.07 Å². The molecule has 0 aromatic carbocycles. The van der Waals surface area contributed by atoms with E-state index in [4.69, 9.17) is 10.00 Å². The number of nitrogens with one attached hydrogen (secondary N) is 1. The maximum absolute atomic E-state index is 11.4. The first kappa shape index (κ1) is 23.8. The van der Waals surface area contributed by atoms with Crippen LogP contribution in [0.1, 0.15) is 19.8 Å². The molecule has 1 rings (SSSR count). The molecule has 0 bridgehead atoms. The molecule has 0 fully saturated rings. The predicted octanol–water partition coefficient (Wildman–Crippen LogP) is 3.15. The standard InChI is InChI=1S/C19H20N2O3.C2H7N/c1-3-7-17(10-16(4-2)11-20)12-21(15-23)13-18(14-22)19-8-5-6-9-24-19;1-3-2/h3-4,6,8-10,13-15H,1,5,7,12H2,2H3;3H,1-2H3/b16-4+,17-10+,18-13+;. The maximum Gasteiger partial charge on any atom is 0.213 e. The van der Waals surface area contributed by atoms with Crippen LogP contribution in [0.5, 0.6) is 0 Å². The van der Waals surface area contributed by atoms with Gasteiger partial charge in [0.25, 0.3) is 0 Å². The van der Waals surface area contributed by atoms with Gasteiger partial charge in [0.1, 0.15) is 5.76 Å². The minimum atomic E-state index is 0.245. The summed E-state index contributed by atoms with van der Waals surface area (Å²) in [5.41, 5.74) is 1.60. The zero-order valence-corrected chi connectivity index (χ0v) is 16.1. The first-order chi connectivity index (χ1) is 13.1. The fourth-order valence-corrected chi connectivity index (χ4v) is 2.02. The summed E-state index contributed by atoms with van der Waals surface area (Å²) >= 11 is 0. The molecule has 27 heavy (non-hydrogen) atoms. The van der Waals surface area contributed by atoms with Gasteiger partial charge in [0, 0.05) is 18.3 Å². The summed E-state index contributed by atoms with van der Waals surface area (Å²) in [4.78, 5) is 24.0. The average molecular weight is 369 g/mol. The molecule has 1 aliphatic heterocycles. The highest BCUT2D eigenvalue weighted by Gasteiger charge is 2.11. The molecular formula is C21H27N3O3. The van der Waals surface area contributed by atoms with Gasteiger partial charge < -0.3 is 15.0 Å². The molecule has 0 saturated heterocycles. The Morgan fingerprint density at radius 2 is 2.15 bits per heavy atom. The molecule has 6 heteroatoms. The molecule has 0 saturated carbocycles. The van der Waals surface area contributed by atoms with Crippen LogP contribution in [0.25, 0.3) is 0 Å². The Bertz CT molecular complexity index is 692. The van der Waals surface area contributed by atoms with Crippen LogP contribution in [-0.2, 0) is 14.3 Å². The van der Waals surface area contributed by atoms with Crippen molar-refractivity contribution in [3.05, 3.63) is 71.9 Å². The lowest BCUT2D eigenvalue weighted by atomic mass is 10.1. The van der Waals surface area contributed by atoms with Crippen LogP contribution >= 0.6 is 0 Å². The third-order valence-electron chi connectivity index (χ3n) is 3.17. The largest absolute Gasteiger partial charge is 0.465 e. The van der Waals surface area contributed by atoms with Crippen molar-refractivity contribution in [2.24, 2.45) is 0 Å². The maximum atomic E-state index is 11.4. The monoisotopic (exact) mass is 369 g/mol. The van der Waals surface area contributed by atoms with E-state index in [1.54, 1.807) is 31.2 Å². The average Bonchev–Trinajstić information content (AvgIpc) is 2.70. The zero-order valence-electron chi connectivity index (χ0n) is 16.1. The third-order valence-corrected chi connectivity index (χ3v) is 3.17. The fraction of sp³-hybridized carbons (Fsp3) is 0.286. The Morgan fingerprint density at radius 1 is 1.44 bits per heavy atom. The van der Waals surface area contributed by atoms with E-state index in [-0.39, 0.29) is 12.1 Å². The first-order valence-electron chi connectivity index (χ1n) is 8.45. The summed E-state index contributed by atoms with van der Waals surface area (Å²) in [5.74, 6) is 0.416. The van der Waals surface area contributed by atoms with Gasteiger partial charge in [-0.2, -0.15) is 5.26 Å². The smallest absolute Gasteiger partial charge is 0.213 e. The van der Waals surface area contributed by atoms with E-state index < -0.39 is 0 Å². The van der Waals surface area contributed by atoms with Crippen LogP contribution in [0.3, 0.4) is 0 Å². The van der Waals surface area contributed by atoms with Gasteiger partial charge in [-0.3, -0.25) is 9.59 Å². The van der Waals surface area contributed by atoms with Gasteiger partial charge in [0.2, 0.25) is 6.41 Å². The van der Waals surface area contributed by atoms with Gasteiger partial charge in [-0.15, -0.1) is 6.58 Å². The second-order valence-corrected chi connectivity index (χ2v) is 5.42. The SMILES string of the molecule is C=CC/C(=C\C(C#N)=C/C)CN(C=O)/C=C(\C=O)C1=CCC=CO1.CNC. The van der Waals surface area contributed by atoms with Gasteiger partial charge in [0.05, 0.1) is 17.9 Å². The number of hydrogen-bond donors (Lipinski definition) is 1. The predicted molar refractivity (Wildman–Crippen MR) is 107 cm³/mol. The molecule has 0 aromatic rings.